The minimum atomic E-state index is -0.505. The molecule has 0 radical (unpaired) electrons. The molecule has 2 aromatic carbocycles. The highest BCUT2D eigenvalue weighted by molar-refractivity contribution is 6.32. The van der Waals surface area contributed by atoms with E-state index in [0.717, 1.165) is 0 Å². The summed E-state index contributed by atoms with van der Waals surface area (Å²) in [6.07, 6.45) is 0.101. The van der Waals surface area contributed by atoms with E-state index in [1.807, 2.05) is 6.07 Å². The van der Waals surface area contributed by atoms with Crippen LogP contribution in [0.5, 0.6) is 11.5 Å². The smallest absolute Gasteiger partial charge is 0.229 e. The van der Waals surface area contributed by atoms with Crippen LogP contribution in [0.25, 0.3) is 0 Å². The molecule has 1 fully saturated rings. The van der Waals surface area contributed by atoms with Gasteiger partial charge in [-0.3, -0.25) is 9.59 Å². The molecule has 1 aliphatic heterocycles. The predicted octanol–water partition coefficient (Wildman–Crippen LogP) is 3.22. The maximum Gasteiger partial charge on any atom is 0.229 e. The molecule has 2 amide bonds. The zero-order chi connectivity index (χ0) is 20.3. The van der Waals surface area contributed by atoms with Crippen molar-refractivity contribution in [3.63, 3.8) is 0 Å². The number of halogens is 1. The molecule has 0 aromatic heterocycles. The maximum absolute atomic E-state index is 12.6. The highest BCUT2D eigenvalue weighted by atomic mass is 35.5. The molecule has 0 aliphatic carbocycles. The Balaban J connectivity index is 1.73. The fourth-order valence-corrected chi connectivity index (χ4v) is 3.28. The van der Waals surface area contributed by atoms with Crippen LogP contribution < -0.4 is 19.7 Å². The van der Waals surface area contributed by atoms with Gasteiger partial charge in [0.1, 0.15) is 6.07 Å². The Hall–Kier alpha value is -3.24. The van der Waals surface area contributed by atoms with Crippen molar-refractivity contribution in [2.75, 3.05) is 31.0 Å². The van der Waals surface area contributed by atoms with Gasteiger partial charge in [-0.15, -0.1) is 0 Å². The Morgan fingerprint density at radius 3 is 2.61 bits per heavy atom. The lowest BCUT2D eigenvalue weighted by molar-refractivity contribution is -0.122. The van der Waals surface area contributed by atoms with E-state index in [1.165, 1.54) is 26.4 Å². The van der Waals surface area contributed by atoms with Crippen LogP contribution in [0.3, 0.4) is 0 Å². The molecule has 0 spiro atoms. The molecule has 3 rings (SSSR count). The van der Waals surface area contributed by atoms with Gasteiger partial charge in [-0.2, -0.15) is 5.26 Å². The summed E-state index contributed by atoms with van der Waals surface area (Å²) in [6, 6.07) is 11.8. The summed E-state index contributed by atoms with van der Waals surface area (Å²) in [5.74, 6) is 0.134. The standard InChI is InChI=1S/C20H18ClN3O4/c1-27-17-6-5-15(9-18(17)28-2)24-11-13(7-19(24)25)20(26)23-14-4-3-12(10-22)16(21)8-14/h3-6,8-9,13H,7,11H2,1-2H3,(H,23,26)/t13-/m0/s1. The van der Waals surface area contributed by atoms with Crippen molar-refractivity contribution in [3.05, 3.63) is 47.0 Å². The van der Waals surface area contributed by atoms with Crippen molar-refractivity contribution >= 4 is 34.8 Å². The Bertz CT molecular complexity index is 970. The van der Waals surface area contributed by atoms with E-state index in [0.29, 0.717) is 28.4 Å². The number of rotatable bonds is 5. The van der Waals surface area contributed by atoms with E-state index in [2.05, 4.69) is 5.32 Å². The normalized spacial score (nSPS) is 15.9. The Labute approximate surface area is 167 Å². The topological polar surface area (TPSA) is 91.7 Å². The molecule has 0 unspecified atom stereocenters. The average Bonchev–Trinajstić information content (AvgIpc) is 3.09. The van der Waals surface area contributed by atoms with E-state index in [1.54, 1.807) is 29.2 Å². The summed E-state index contributed by atoms with van der Waals surface area (Å²) in [5, 5.41) is 11.9. The van der Waals surface area contributed by atoms with Crippen molar-refractivity contribution < 1.29 is 19.1 Å². The zero-order valence-electron chi connectivity index (χ0n) is 15.4. The third-order valence-corrected chi connectivity index (χ3v) is 4.84. The lowest BCUT2D eigenvalue weighted by Crippen LogP contribution is -2.28. The molecule has 0 bridgehead atoms. The van der Waals surface area contributed by atoms with Crippen LogP contribution in [0.15, 0.2) is 36.4 Å². The van der Waals surface area contributed by atoms with Crippen LogP contribution in [0.2, 0.25) is 5.02 Å². The van der Waals surface area contributed by atoms with Crippen molar-refractivity contribution in [2.45, 2.75) is 6.42 Å². The van der Waals surface area contributed by atoms with Crippen molar-refractivity contribution in [3.8, 4) is 17.6 Å². The molecule has 0 saturated carbocycles. The average molecular weight is 400 g/mol. The van der Waals surface area contributed by atoms with Gasteiger partial charge in [-0.05, 0) is 30.3 Å². The van der Waals surface area contributed by atoms with Crippen LogP contribution in [0, 0.1) is 17.2 Å². The van der Waals surface area contributed by atoms with Crippen LogP contribution in [-0.4, -0.2) is 32.6 Å². The number of nitriles is 1. The van der Waals surface area contributed by atoms with Crippen molar-refractivity contribution in [1.82, 2.24) is 0 Å². The Kier molecular flexibility index (Phi) is 5.71. The highest BCUT2D eigenvalue weighted by Gasteiger charge is 2.35. The molecule has 1 aliphatic rings. The number of nitrogens with one attached hydrogen (secondary N) is 1. The number of nitrogens with zero attached hydrogens (tertiary/aromatic N) is 2. The first-order chi connectivity index (χ1) is 13.5. The van der Waals surface area contributed by atoms with Crippen LogP contribution in [0.4, 0.5) is 11.4 Å². The molecule has 28 heavy (non-hydrogen) atoms. The third kappa shape index (κ3) is 3.87. The van der Waals surface area contributed by atoms with Gasteiger partial charge >= 0.3 is 0 Å². The van der Waals surface area contributed by atoms with Crippen LogP contribution in [-0.2, 0) is 9.59 Å². The van der Waals surface area contributed by atoms with E-state index in [4.69, 9.17) is 26.3 Å². The summed E-state index contributed by atoms with van der Waals surface area (Å²) in [7, 11) is 3.06. The molecular formula is C20H18ClN3O4. The quantitative estimate of drug-likeness (QED) is 0.833. The van der Waals surface area contributed by atoms with Gasteiger partial charge in [-0.1, -0.05) is 11.6 Å². The van der Waals surface area contributed by atoms with Crippen LogP contribution in [0.1, 0.15) is 12.0 Å². The minimum absolute atomic E-state index is 0.101. The van der Waals surface area contributed by atoms with E-state index in [9.17, 15) is 9.59 Å². The summed E-state index contributed by atoms with van der Waals surface area (Å²) in [4.78, 5) is 26.6. The monoisotopic (exact) mass is 399 g/mol. The minimum Gasteiger partial charge on any atom is -0.493 e. The molecule has 7 nitrogen and oxygen atoms in total. The third-order valence-electron chi connectivity index (χ3n) is 4.53. The Morgan fingerprint density at radius 2 is 1.96 bits per heavy atom. The van der Waals surface area contributed by atoms with Gasteiger partial charge in [0.25, 0.3) is 0 Å². The first-order valence-corrected chi connectivity index (χ1v) is 8.87. The summed E-state index contributed by atoms with van der Waals surface area (Å²) in [6.45, 7) is 0.254. The highest BCUT2D eigenvalue weighted by Crippen LogP contribution is 2.34. The number of amides is 2. The van der Waals surface area contributed by atoms with Gasteiger partial charge in [0, 0.05) is 30.4 Å². The Morgan fingerprint density at radius 1 is 1.21 bits per heavy atom. The zero-order valence-corrected chi connectivity index (χ0v) is 16.1. The maximum atomic E-state index is 12.6. The molecule has 1 heterocycles. The SMILES string of the molecule is COc1ccc(N2C[C@@H](C(=O)Nc3ccc(C#N)c(Cl)c3)CC2=O)cc1OC. The number of hydrogen-bond acceptors (Lipinski definition) is 5. The predicted molar refractivity (Wildman–Crippen MR) is 105 cm³/mol. The van der Waals surface area contributed by atoms with E-state index < -0.39 is 5.92 Å². The number of carbonyl (C=O) groups excluding carboxylic acids is 2. The number of hydrogen-bond donors (Lipinski definition) is 1. The summed E-state index contributed by atoms with van der Waals surface area (Å²) in [5.41, 5.74) is 1.45. The molecule has 1 saturated heterocycles. The van der Waals surface area contributed by atoms with Crippen molar-refractivity contribution in [2.24, 2.45) is 5.92 Å². The molecule has 1 N–H and O–H groups in total. The molecular weight excluding hydrogens is 382 g/mol. The van der Waals surface area contributed by atoms with Gasteiger partial charge in [0.05, 0.1) is 30.7 Å². The van der Waals surface area contributed by atoms with E-state index in [-0.39, 0.29) is 29.8 Å². The number of methoxy groups -OCH3 is 2. The second-order valence-corrected chi connectivity index (χ2v) is 6.65. The first kappa shape index (κ1) is 19.5. The lowest BCUT2D eigenvalue weighted by atomic mass is 10.1. The second kappa shape index (κ2) is 8.19. The van der Waals surface area contributed by atoms with Gasteiger partial charge < -0.3 is 19.7 Å². The fourth-order valence-electron chi connectivity index (χ4n) is 3.05. The number of benzene rings is 2. The fraction of sp³-hybridized carbons (Fsp3) is 0.250. The number of ether oxygens (including phenoxy) is 2. The molecule has 8 heteroatoms. The molecule has 1 atom stereocenters. The van der Waals surface area contributed by atoms with Crippen LogP contribution >= 0.6 is 11.6 Å². The van der Waals surface area contributed by atoms with Gasteiger partial charge in [-0.25, -0.2) is 0 Å². The van der Waals surface area contributed by atoms with Gasteiger partial charge in [0.15, 0.2) is 11.5 Å². The van der Waals surface area contributed by atoms with Crippen molar-refractivity contribution in [1.29, 1.82) is 5.26 Å². The summed E-state index contributed by atoms with van der Waals surface area (Å²) >= 11 is 5.99. The van der Waals surface area contributed by atoms with Gasteiger partial charge in [0.2, 0.25) is 11.8 Å². The first-order valence-electron chi connectivity index (χ1n) is 8.49. The summed E-state index contributed by atoms with van der Waals surface area (Å²) < 4.78 is 10.5. The lowest BCUT2D eigenvalue weighted by Gasteiger charge is -2.18. The second-order valence-electron chi connectivity index (χ2n) is 6.24. The van der Waals surface area contributed by atoms with E-state index >= 15 is 0 Å². The largest absolute Gasteiger partial charge is 0.493 e. The molecule has 144 valence electrons. The molecule has 2 aromatic rings. The number of anilines is 2. The number of carbonyl (C=O) groups is 2.